The minimum atomic E-state index is -1.09. The molecule has 0 aliphatic rings. The molecule has 0 bridgehead atoms. The first kappa shape index (κ1) is 23.2. The van der Waals surface area contributed by atoms with Crippen molar-refractivity contribution in [3.8, 4) is 11.5 Å². The Morgan fingerprint density at radius 1 is 1.13 bits per heavy atom. The van der Waals surface area contributed by atoms with E-state index in [-0.39, 0.29) is 11.1 Å². The Balaban J connectivity index is 2.01. The molecule has 1 unspecified atom stereocenters. The third-order valence-electron chi connectivity index (χ3n) is 4.17. The van der Waals surface area contributed by atoms with Gasteiger partial charge < -0.3 is 25.3 Å². The van der Waals surface area contributed by atoms with E-state index >= 15 is 0 Å². The van der Waals surface area contributed by atoms with E-state index in [4.69, 9.17) is 19.9 Å². The van der Waals surface area contributed by atoms with Crippen LogP contribution in [0, 0.1) is 5.92 Å². The lowest BCUT2D eigenvalue weighted by molar-refractivity contribution is -0.123. The molecule has 1 aromatic carbocycles. The molecule has 0 aliphatic carbocycles. The van der Waals surface area contributed by atoms with Gasteiger partial charge in [-0.2, -0.15) is 0 Å². The number of esters is 1. The highest BCUT2D eigenvalue weighted by atomic mass is 32.1. The first-order chi connectivity index (χ1) is 14.2. The van der Waals surface area contributed by atoms with Crippen molar-refractivity contribution in [1.29, 1.82) is 0 Å². The Kier molecular flexibility index (Phi) is 8.23. The first-order valence-electron chi connectivity index (χ1n) is 9.42. The number of benzene rings is 1. The standard InChI is InChI=1S/C21H26N2O6S/c1-12(2)7-9-28-16-6-5-14(11-17(16)27-4)21(26)29-13(3)19(25)23-20-15(18(22)24)8-10-30-20/h5-6,8,10-13H,7,9H2,1-4H3,(H2,22,24)(H,23,25). The molecule has 3 N–H and O–H groups in total. The largest absolute Gasteiger partial charge is 0.493 e. The van der Waals surface area contributed by atoms with Crippen LogP contribution < -0.4 is 20.5 Å². The molecular formula is C21H26N2O6S. The Hall–Kier alpha value is -3.07. The quantitative estimate of drug-likeness (QED) is 0.553. The van der Waals surface area contributed by atoms with Gasteiger partial charge in [0.05, 0.1) is 24.8 Å². The van der Waals surface area contributed by atoms with Crippen molar-refractivity contribution in [2.75, 3.05) is 19.0 Å². The van der Waals surface area contributed by atoms with Crippen LogP contribution in [0.15, 0.2) is 29.6 Å². The van der Waals surface area contributed by atoms with E-state index < -0.39 is 23.9 Å². The maximum atomic E-state index is 12.4. The van der Waals surface area contributed by atoms with Crippen molar-refractivity contribution >= 4 is 34.1 Å². The van der Waals surface area contributed by atoms with E-state index in [1.54, 1.807) is 17.5 Å². The molecule has 0 radical (unpaired) electrons. The van der Waals surface area contributed by atoms with Crippen LogP contribution in [0.1, 0.15) is 47.9 Å². The van der Waals surface area contributed by atoms with E-state index in [0.29, 0.717) is 29.0 Å². The number of carbonyl (C=O) groups is 3. The molecule has 0 saturated heterocycles. The Morgan fingerprint density at radius 2 is 1.87 bits per heavy atom. The lowest BCUT2D eigenvalue weighted by Gasteiger charge is -2.15. The summed E-state index contributed by atoms with van der Waals surface area (Å²) in [4.78, 5) is 36.1. The minimum Gasteiger partial charge on any atom is -0.493 e. The summed E-state index contributed by atoms with van der Waals surface area (Å²) in [5.41, 5.74) is 5.68. The van der Waals surface area contributed by atoms with Gasteiger partial charge in [-0.15, -0.1) is 11.3 Å². The summed E-state index contributed by atoms with van der Waals surface area (Å²) in [7, 11) is 1.48. The van der Waals surface area contributed by atoms with Crippen LogP contribution in [0.25, 0.3) is 0 Å². The number of thiophene rings is 1. The average molecular weight is 435 g/mol. The normalized spacial score (nSPS) is 11.6. The van der Waals surface area contributed by atoms with Crippen molar-refractivity contribution in [3.05, 3.63) is 40.8 Å². The lowest BCUT2D eigenvalue weighted by atomic mass is 10.1. The van der Waals surface area contributed by atoms with E-state index in [1.165, 1.54) is 26.2 Å². The van der Waals surface area contributed by atoms with Gasteiger partial charge in [-0.25, -0.2) is 4.79 Å². The third kappa shape index (κ3) is 6.21. The smallest absolute Gasteiger partial charge is 0.339 e. The number of methoxy groups -OCH3 is 1. The maximum Gasteiger partial charge on any atom is 0.339 e. The number of hydrogen-bond acceptors (Lipinski definition) is 7. The number of amides is 2. The van der Waals surface area contributed by atoms with Crippen molar-refractivity contribution in [3.63, 3.8) is 0 Å². The number of hydrogen-bond donors (Lipinski definition) is 2. The van der Waals surface area contributed by atoms with E-state index in [0.717, 1.165) is 17.8 Å². The summed E-state index contributed by atoms with van der Waals surface area (Å²) in [5.74, 6) is -0.489. The highest BCUT2D eigenvalue weighted by molar-refractivity contribution is 7.14. The molecule has 1 atom stereocenters. The average Bonchev–Trinajstić information content (AvgIpc) is 3.16. The van der Waals surface area contributed by atoms with Crippen molar-refractivity contribution in [2.24, 2.45) is 11.7 Å². The maximum absolute atomic E-state index is 12.4. The van der Waals surface area contributed by atoms with Crippen molar-refractivity contribution in [2.45, 2.75) is 33.3 Å². The fourth-order valence-electron chi connectivity index (χ4n) is 2.41. The predicted molar refractivity (Wildman–Crippen MR) is 114 cm³/mol. The summed E-state index contributed by atoms with van der Waals surface area (Å²) in [6.07, 6.45) is -0.199. The summed E-state index contributed by atoms with van der Waals surface area (Å²) in [5, 5.41) is 4.48. The van der Waals surface area contributed by atoms with Crippen LogP contribution in [-0.2, 0) is 9.53 Å². The number of anilines is 1. The van der Waals surface area contributed by atoms with E-state index in [9.17, 15) is 14.4 Å². The Labute approximate surface area is 179 Å². The van der Waals surface area contributed by atoms with E-state index in [1.807, 2.05) is 0 Å². The topological polar surface area (TPSA) is 117 Å². The number of nitrogens with two attached hydrogens (primary N) is 1. The molecule has 1 aromatic heterocycles. The molecule has 162 valence electrons. The molecule has 2 amide bonds. The van der Waals surface area contributed by atoms with Crippen LogP contribution in [0.2, 0.25) is 0 Å². The molecule has 1 heterocycles. The lowest BCUT2D eigenvalue weighted by Crippen LogP contribution is -2.30. The zero-order chi connectivity index (χ0) is 22.3. The monoisotopic (exact) mass is 434 g/mol. The fourth-order valence-corrected chi connectivity index (χ4v) is 3.21. The van der Waals surface area contributed by atoms with Crippen LogP contribution in [0.3, 0.4) is 0 Å². The van der Waals surface area contributed by atoms with Gasteiger partial charge in [0.15, 0.2) is 17.6 Å². The molecule has 9 heteroatoms. The van der Waals surface area contributed by atoms with Crippen LogP contribution in [0.5, 0.6) is 11.5 Å². The molecule has 0 fully saturated rings. The third-order valence-corrected chi connectivity index (χ3v) is 5.00. The second-order valence-electron chi connectivity index (χ2n) is 6.96. The Bertz CT molecular complexity index is 909. The zero-order valence-corrected chi connectivity index (χ0v) is 18.2. The van der Waals surface area contributed by atoms with Gasteiger partial charge in [0.2, 0.25) is 0 Å². The molecule has 2 rings (SSSR count). The highest BCUT2D eigenvalue weighted by Gasteiger charge is 2.22. The summed E-state index contributed by atoms with van der Waals surface area (Å²) >= 11 is 1.15. The second kappa shape index (κ2) is 10.6. The molecule has 0 spiro atoms. The zero-order valence-electron chi connectivity index (χ0n) is 17.4. The number of nitrogens with one attached hydrogen (secondary N) is 1. The minimum absolute atomic E-state index is 0.199. The van der Waals surface area contributed by atoms with Gasteiger partial charge in [-0.3, -0.25) is 9.59 Å². The molecular weight excluding hydrogens is 408 g/mol. The van der Waals surface area contributed by atoms with Crippen molar-refractivity contribution in [1.82, 2.24) is 0 Å². The van der Waals surface area contributed by atoms with Crippen LogP contribution in [-0.4, -0.2) is 37.6 Å². The SMILES string of the molecule is COc1cc(C(=O)OC(C)C(=O)Nc2sccc2C(N)=O)ccc1OCCC(C)C. The molecule has 0 aliphatic heterocycles. The van der Waals surface area contributed by atoms with E-state index in [2.05, 4.69) is 19.2 Å². The Morgan fingerprint density at radius 3 is 2.50 bits per heavy atom. The van der Waals surface area contributed by atoms with Crippen LogP contribution in [0.4, 0.5) is 5.00 Å². The number of primary amides is 1. The van der Waals surface area contributed by atoms with Gasteiger partial charge in [0, 0.05) is 0 Å². The van der Waals surface area contributed by atoms with Gasteiger partial charge in [-0.05, 0) is 48.9 Å². The van der Waals surface area contributed by atoms with Gasteiger partial charge in [-0.1, -0.05) is 13.8 Å². The number of ether oxygens (including phenoxy) is 3. The van der Waals surface area contributed by atoms with Gasteiger partial charge >= 0.3 is 5.97 Å². The summed E-state index contributed by atoms with van der Waals surface area (Å²) in [6, 6.07) is 6.19. The number of carbonyl (C=O) groups excluding carboxylic acids is 3. The second-order valence-corrected chi connectivity index (χ2v) is 7.88. The summed E-state index contributed by atoms with van der Waals surface area (Å²) in [6.45, 7) is 6.17. The highest BCUT2D eigenvalue weighted by Crippen LogP contribution is 2.29. The first-order valence-corrected chi connectivity index (χ1v) is 10.3. The summed E-state index contributed by atoms with van der Waals surface area (Å²) < 4.78 is 16.2. The van der Waals surface area contributed by atoms with Crippen LogP contribution >= 0.6 is 11.3 Å². The molecule has 0 saturated carbocycles. The fraction of sp³-hybridized carbons (Fsp3) is 0.381. The molecule has 2 aromatic rings. The molecule has 30 heavy (non-hydrogen) atoms. The van der Waals surface area contributed by atoms with Gasteiger partial charge in [0.25, 0.3) is 11.8 Å². The molecule has 8 nitrogen and oxygen atoms in total. The van der Waals surface area contributed by atoms with Gasteiger partial charge in [0.1, 0.15) is 5.00 Å². The predicted octanol–water partition coefficient (Wildman–Crippen LogP) is 3.46. The van der Waals surface area contributed by atoms with Crippen molar-refractivity contribution < 1.29 is 28.6 Å². The number of rotatable bonds is 10.